The molecule has 0 bridgehead atoms. The maximum atomic E-state index is 12.5. The Hall–Kier alpha value is -2.57. The molecule has 0 atom stereocenters. The molecule has 20 heavy (non-hydrogen) atoms. The van der Waals surface area contributed by atoms with Crippen LogP contribution in [-0.4, -0.2) is 10.1 Å². The summed E-state index contributed by atoms with van der Waals surface area (Å²) in [6, 6.07) is 6.75. The predicted octanol–water partition coefficient (Wildman–Crippen LogP) is 2.61. The minimum atomic E-state index is -4.73. The molecule has 1 heterocycles. The van der Waals surface area contributed by atoms with Gasteiger partial charge in [0.15, 0.2) is 5.69 Å². The Morgan fingerprint density at radius 1 is 1.15 bits per heavy atom. The number of alkyl halides is 3. The molecule has 1 aromatic heterocycles. The molecular formula is C13H9F3N2O2. The number of rotatable bonds is 2. The third-order valence-electron chi connectivity index (χ3n) is 2.46. The highest BCUT2D eigenvalue weighted by molar-refractivity contribution is 5.68. The molecule has 0 amide bonds. The second-order valence-electron chi connectivity index (χ2n) is 3.95. The molecule has 0 aliphatic rings. The largest absolute Gasteiger partial charge is 0.711 e. The van der Waals surface area contributed by atoms with E-state index in [9.17, 15) is 18.4 Å². The minimum Gasteiger partial charge on any atom is -0.711 e. The summed E-state index contributed by atoms with van der Waals surface area (Å²) >= 11 is 0. The van der Waals surface area contributed by atoms with Crippen molar-refractivity contribution >= 4 is 12.2 Å². The van der Waals surface area contributed by atoms with Gasteiger partial charge in [-0.25, -0.2) is 4.73 Å². The molecule has 2 aromatic rings. The molecule has 104 valence electrons. The second kappa shape index (κ2) is 5.20. The molecule has 0 aliphatic heterocycles. The molecular weight excluding hydrogens is 273 g/mol. The van der Waals surface area contributed by atoms with Gasteiger partial charge in [-0.1, -0.05) is 18.2 Å². The first-order valence-electron chi connectivity index (χ1n) is 5.50. The van der Waals surface area contributed by atoms with Crippen LogP contribution in [0.25, 0.3) is 12.2 Å². The number of aromatic hydroxyl groups is 1. The standard InChI is InChI=1S/C13H9F3N2O2/c14-13(15,16)12-7-10(17-8-18(12)20)4-1-9-2-5-11(19)6-3-9/h1-8,19H. The number of phenolic OH excluding ortho intramolecular Hbond substituents is 1. The van der Waals surface area contributed by atoms with Crippen LogP contribution in [0.15, 0.2) is 36.7 Å². The summed E-state index contributed by atoms with van der Waals surface area (Å²) in [5, 5.41) is 20.1. The second-order valence-corrected chi connectivity index (χ2v) is 3.95. The first-order valence-corrected chi connectivity index (χ1v) is 5.50. The number of aromatic nitrogens is 2. The van der Waals surface area contributed by atoms with E-state index in [1.165, 1.54) is 24.3 Å². The van der Waals surface area contributed by atoms with E-state index in [1.54, 1.807) is 12.1 Å². The van der Waals surface area contributed by atoms with Crippen molar-refractivity contribution in [2.75, 3.05) is 0 Å². The van der Waals surface area contributed by atoms with Crippen molar-refractivity contribution in [2.24, 2.45) is 0 Å². The molecule has 0 saturated heterocycles. The number of hydrogen-bond donors (Lipinski definition) is 1. The molecule has 0 saturated carbocycles. The summed E-state index contributed by atoms with van der Waals surface area (Å²) < 4.78 is 37.3. The van der Waals surface area contributed by atoms with Gasteiger partial charge in [-0.2, -0.15) is 13.2 Å². The lowest BCUT2D eigenvalue weighted by molar-refractivity contribution is -0.632. The maximum absolute atomic E-state index is 12.5. The zero-order valence-corrected chi connectivity index (χ0v) is 10.0. The molecule has 0 fully saturated rings. The fraction of sp³-hybridized carbons (Fsp3) is 0.0769. The Morgan fingerprint density at radius 2 is 1.80 bits per heavy atom. The van der Waals surface area contributed by atoms with E-state index in [0.717, 1.165) is 0 Å². The van der Waals surface area contributed by atoms with Crippen molar-refractivity contribution < 1.29 is 23.0 Å². The SMILES string of the molecule is [O-][n+]1cnc(C=Cc2ccc(O)cc2)cc1C(F)(F)F. The lowest BCUT2D eigenvalue weighted by Gasteiger charge is -2.10. The molecule has 1 aromatic carbocycles. The van der Waals surface area contributed by atoms with Crippen molar-refractivity contribution in [3.05, 3.63) is 58.8 Å². The van der Waals surface area contributed by atoms with Crippen molar-refractivity contribution in [2.45, 2.75) is 6.18 Å². The normalized spacial score (nSPS) is 11.9. The lowest BCUT2D eigenvalue weighted by Crippen LogP contribution is -2.37. The van der Waals surface area contributed by atoms with Gasteiger partial charge in [0, 0.05) is 6.07 Å². The van der Waals surface area contributed by atoms with E-state index < -0.39 is 11.9 Å². The van der Waals surface area contributed by atoms with E-state index in [0.29, 0.717) is 18.0 Å². The van der Waals surface area contributed by atoms with Gasteiger partial charge < -0.3 is 10.3 Å². The van der Waals surface area contributed by atoms with Gasteiger partial charge in [-0.15, -0.1) is 0 Å². The summed E-state index contributed by atoms with van der Waals surface area (Å²) in [6.45, 7) is 0. The smallest absolute Gasteiger partial charge is 0.454 e. The average Bonchev–Trinajstić information content (AvgIpc) is 2.38. The third kappa shape index (κ3) is 3.25. The summed E-state index contributed by atoms with van der Waals surface area (Å²) in [7, 11) is 0. The summed E-state index contributed by atoms with van der Waals surface area (Å²) in [4.78, 5) is 3.60. The highest BCUT2D eigenvalue weighted by atomic mass is 19.4. The molecule has 4 nitrogen and oxygen atoms in total. The van der Waals surface area contributed by atoms with Gasteiger partial charge in [-0.05, 0) is 28.8 Å². The van der Waals surface area contributed by atoms with Gasteiger partial charge in [0.25, 0.3) is 6.33 Å². The molecule has 1 N–H and O–H groups in total. The first-order chi connectivity index (χ1) is 9.36. The van der Waals surface area contributed by atoms with Crippen LogP contribution in [0.3, 0.4) is 0 Å². The van der Waals surface area contributed by atoms with Crippen LogP contribution >= 0.6 is 0 Å². The van der Waals surface area contributed by atoms with Crippen LogP contribution in [-0.2, 0) is 6.18 Å². The molecule has 0 spiro atoms. The van der Waals surface area contributed by atoms with Crippen LogP contribution in [0.1, 0.15) is 17.0 Å². The first kappa shape index (κ1) is 13.9. The van der Waals surface area contributed by atoms with Crippen LogP contribution < -0.4 is 4.73 Å². The fourth-order valence-corrected chi connectivity index (χ4v) is 1.49. The topological polar surface area (TPSA) is 60.1 Å². The van der Waals surface area contributed by atoms with Gasteiger partial charge >= 0.3 is 6.18 Å². The number of halogens is 3. The Morgan fingerprint density at radius 3 is 2.40 bits per heavy atom. The highest BCUT2D eigenvalue weighted by Crippen LogP contribution is 2.26. The Labute approximate surface area is 112 Å². The number of benzene rings is 1. The Balaban J connectivity index is 2.28. The zero-order chi connectivity index (χ0) is 14.8. The predicted molar refractivity (Wildman–Crippen MR) is 65.2 cm³/mol. The average molecular weight is 282 g/mol. The minimum absolute atomic E-state index is 0.0116. The molecule has 2 rings (SSSR count). The van der Waals surface area contributed by atoms with E-state index >= 15 is 0 Å². The quantitative estimate of drug-likeness (QED) is 0.680. The van der Waals surface area contributed by atoms with Crippen LogP contribution in [0.2, 0.25) is 0 Å². The van der Waals surface area contributed by atoms with E-state index in [4.69, 9.17) is 5.11 Å². The van der Waals surface area contributed by atoms with Crippen molar-refractivity contribution in [1.29, 1.82) is 0 Å². The van der Waals surface area contributed by atoms with Crippen LogP contribution in [0.5, 0.6) is 5.75 Å². The number of phenols is 1. The van der Waals surface area contributed by atoms with E-state index in [2.05, 4.69) is 4.98 Å². The summed E-state index contributed by atoms with van der Waals surface area (Å²) in [6.07, 6.45) is -1.29. The molecule has 0 aliphatic carbocycles. The highest BCUT2D eigenvalue weighted by Gasteiger charge is 2.36. The van der Waals surface area contributed by atoms with Crippen molar-refractivity contribution in [1.82, 2.24) is 4.98 Å². The van der Waals surface area contributed by atoms with Gasteiger partial charge in [0.1, 0.15) is 5.75 Å². The fourth-order valence-electron chi connectivity index (χ4n) is 1.49. The monoisotopic (exact) mass is 282 g/mol. The van der Waals surface area contributed by atoms with E-state index in [-0.39, 0.29) is 16.2 Å². The van der Waals surface area contributed by atoms with Gasteiger partial charge in [-0.3, -0.25) is 0 Å². The van der Waals surface area contributed by atoms with E-state index in [1.807, 2.05) is 0 Å². The lowest BCUT2D eigenvalue weighted by atomic mass is 10.2. The van der Waals surface area contributed by atoms with Crippen molar-refractivity contribution in [3.8, 4) is 5.75 Å². The molecule has 7 heteroatoms. The molecule has 0 radical (unpaired) electrons. The van der Waals surface area contributed by atoms with Crippen LogP contribution in [0.4, 0.5) is 13.2 Å². The zero-order valence-electron chi connectivity index (χ0n) is 10.0. The number of nitrogens with zero attached hydrogens (tertiary/aromatic N) is 2. The van der Waals surface area contributed by atoms with Crippen LogP contribution in [0, 0.1) is 5.21 Å². The third-order valence-corrected chi connectivity index (χ3v) is 2.46. The Kier molecular flexibility index (Phi) is 3.60. The molecule has 0 unspecified atom stereocenters. The number of hydrogen-bond acceptors (Lipinski definition) is 3. The Bertz CT molecular complexity index is 637. The van der Waals surface area contributed by atoms with Gasteiger partial charge in [0.05, 0.1) is 0 Å². The maximum Gasteiger partial charge on any atom is 0.454 e. The summed E-state index contributed by atoms with van der Waals surface area (Å²) in [5.41, 5.74) is -0.632. The van der Waals surface area contributed by atoms with Gasteiger partial charge in [0.2, 0.25) is 5.69 Å². The van der Waals surface area contributed by atoms with Crippen molar-refractivity contribution in [3.63, 3.8) is 0 Å². The summed E-state index contributed by atoms with van der Waals surface area (Å²) in [5.74, 6) is 0.0896.